The molecule has 2 amide bonds. The van der Waals surface area contributed by atoms with Crippen LogP contribution in [0.1, 0.15) is 26.7 Å². The molecule has 4 heterocycles. The van der Waals surface area contributed by atoms with E-state index in [9.17, 15) is 27.9 Å². The summed E-state index contributed by atoms with van der Waals surface area (Å²) in [5.74, 6) is -3.23. The van der Waals surface area contributed by atoms with Crippen molar-refractivity contribution in [1.82, 2.24) is 15.1 Å². The van der Waals surface area contributed by atoms with E-state index in [4.69, 9.17) is 10.9 Å². The lowest BCUT2D eigenvalue weighted by atomic mass is 9.75. The third-order valence-electron chi connectivity index (χ3n) is 7.12. The lowest BCUT2D eigenvalue weighted by Crippen LogP contribution is -2.63. The summed E-state index contributed by atoms with van der Waals surface area (Å²) >= 11 is 1.40. The third-order valence-corrected chi connectivity index (χ3v) is 9.62. The number of nitrogens with zero attached hydrogens (tertiary/aromatic N) is 2. The van der Waals surface area contributed by atoms with Gasteiger partial charge in [0, 0.05) is 41.7 Å². The fourth-order valence-electron chi connectivity index (χ4n) is 5.61. The van der Waals surface area contributed by atoms with E-state index in [0.717, 1.165) is 6.42 Å². The van der Waals surface area contributed by atoms with E-state index in [1.54, 1.807) is 11.8 Å². The van der Waals surface area contributed by atoms with Crippen LogP contribution in [-0.4, -0.2) is 89.9 Å². The van der Waals surface area contributed by atoms with Gasteiger partial charge in [0.1, 0.15) is 5.70 Å². The van der Waals surface area contributed by atoms with Crippen molar-refractivity contribution in [2.75, 3.05) is 25.4 Å². The highest BCUT2D eigenvalue weighted by Crippen LogP contribution is 2.52. The highest BCUT2D eigenvalue weighted by atomic mass is 32.2. The molecule has 3 fully saturated rings. The fraction of sp³-hybridized carbons (Fsp3) is 0.750. The van der Waals surface area contributed by atoms with Crippen molar-refractivity contribution >= 4 is 39.6 Å². The lowest BCUT2D eigenvalue weighted by Gasteiger charge is -2.47. The number of primary sulfonamides is 1. The van der Waals surface area contributed by atoms with E-state index in [1.807, 2.05) is 6.92 Å². The summed E-state index contributed by atoms with van der Waals surface area (Å²) in [6, 6.07) is -0.727. The first kappa shape index (κ1) is 24.5. The number of hydrogen-bond donors (Lipinski definition) is 4. The molecule has 0 unspecified atom stereocenters. The van der Waals surface area contributed by atoms with E-state index < -0.39 is 33.9 Å². The number of carboxylic acids is 1. The van der Waals surface area contributed by atoms with Gasteiger partial charge in [-0.2, -0.15) is 0 Å². The molecule has 13 heteroatoms. The molecule has 6 N–H and O–H groups in total. The molecule has 0 aromatic carbocycles. The van der Waals surface area contributed by atoms with Crippen LogP contribution in [0.4, 0.5) is 0 Å². The highest BCUT2D eigenvalue weighted by Gasteiger charge is 2.60. The predicted molar refractivity (Wildman–Crippen MR) is 122 cm³/mol. The molecule has 0 spiro atoms. The molecule has 0 aromatic rings. The second-order valence-electron chi connectivity index (χ2n) is 9.61. The first-order valence-corrected chi connectivity index (χ1v) is 13.7. The third kappa shape index (κ3) is 4.53. The maximum Gasteiger partial charge on any atom is 0.353 e. The van der Waals surface area contributed by atoms with Crippen molar-refractivity contribution in [2.24, 2.45) is 28.6 Å². The average molecular weight is 502 g/mol. The Labute approximate surface area is 197 Å². The summed E-state index contributed by atoms with van der Waals surface area (Å²) < 4.78 is 23.1. The summed E-state index contributed by atoms with van der Waals surface area (Å²) in [5, 5.41) is 18.3. The van der Waals surface area contributed by atoms with Gasteiger partial charge in [0.25, 0.3) is 0 Å². The number of nitrogens with one attached hydrogen (secondary N) is 1. The van der Waals surface area contributed by atoms with Gasteiger partial charge in [-0.3, -0.25) is 9.59 Å². The SMILES string of the molecule is C[C@@H](CS(N)(=O)=O)[C@H]1C(=O)N2C(C(=O)O)=C(S[C@@H]3CN[C@H](C(=O)N4CC[C@@H](N)C4)C3)[C@H](C)[C@H]12. The molecule has 4 rings (SSSR count). The van der Waals surface area contributed by atoms with Crippen LogP contribution in [0.25, 0.3) is 0 Å². The molecule has 0 bridgehead atoms. The van der Waals surface area contributed by atoms with Gasteiger partial charge in [-0.15, -0.1) is 11.8 Å². The quantitative estimate of drug-likeness (QED) is 0.309. The normalized spacial score (nSPS) is 35.1. The van der Waals surface area contributed by atoms with Gasteiger partial charge in [0.05, 0.1) is 23.8 Å². The summed E-state index contributed by atoms with van der Waals surface area (Å²) in [6.07, 6.45) is 1.35. The molecule has 0 radical (unpaired) electrons. The van der Waals surface area contributed by atoms with Gasteiger partial charge in [-0.25, -0.2) is 18.4 Å². The average Bonchev–Trinajstić information content (AvgIpc) is 3.39. The Morgan fingerprint density at radius 2 is 2.06 bits per heavy atom. The van der Waals surface area contributed by atoms with Gasteiger partial charge in [0.15, 0.2) is 0 Å². The molecule has 33 heavy (non-hydrogen) atoms. The van der Waals surface area contributed by atoms with Crippen LogP contribution in [-0.2, 0) is 24.4 Å². The minimum atomic E-state index is -3.76. The summed E-state index contributed by atoms with van der Waals surface area (Å²) in [7, 11) is -3.76. The van der Waals surface area contributed by atoms with Gasteiger partial charge >= 0.3 is 5.97 Å². The number of nitrogens with two attached hydrogens (primary N) is 2. The van der Waals surface area contributed by atoms with E-state index in [-0.39, 0.29) is 46.5 Å². The number of sulfonamides is 1. The van der Waals surface area contributed by atoms with E-state index in [1.165, 1.54) is 16.7 Å². The zero-order chi connectivity index (χ0) is 24.2. The number of carbonyl (C=O) groups excluding carboxylic acids is 2. The van der Waals surface area contributed by atoms with Crippen molar-refractivity contribution < 1.29 is 27.9 Å². The predicted octanol–water partition coefficient (Wildman–Crippen LogP) is -1.29. The van der Waals surface area contributed by atoms with Crippen LogP contribution in [0.15, 0.2) is 10.6 Å². The van der Waals surface area contributed by atoms with Crippen LogP contribution >= 0.6 is 11.8 Å². The van der Waals surface area contributed by atoms with Gasteiger partial charge in [-0.05, 0) is 18.8 Å². The van der Waals surface area contributed by atoms with Crippen LogP contribution in [0.5, 0.6) is 0 Å². The number of β-lactam (4-membered cyclic amide) rings is 1. The molecule has 7 atom stereocenters. The first-order valence-electron chi connectivity index (χ1n) is 11.1. The number of amides is 2. The number of carbonyl (C=O) groups is 3. The number of thioether (sulfide) groups is 1. The van der Waals surface area contributed by atoms with Crippen molar-refractivity contribution in [1.29, 1.82) is 0 Å². The lowest BCUT2D eigenvalue weighted by molar-refractivity contribution is -0.159. The Kier molecular flexibility index (Phi) is 6.55. The molecule has 184 valence electrons. The fourth-order valence-corrected chi connectivity index (χ4v) is 8.02. The van der Waals surface area contributed by atoms with E-state index in [0.29, 0.717) is 31.0 Å². The Hall–Kier alpha value is -1.67. The van der Waals surface area contributed by atoms with Crippen LogP contribution in [0, 0.1) is 17.8 Å². The molecular formula is C20H31N5O6S2. The molecule has 4 aliphatic heterocycles. The summed E-state index contributed by atoms with van der Waals surface area (Å²) in [4.78, 5) is 41.4. The Morgan fingerprint density at radius 1 is 1.36 bits per heavy atom. The second kappa shape index (κ2) is 8.84. The van der Waals surface area contributed by atoms with E-state index >= 15 is 0 Å². The maximum atomic E-state index is 12.8. The maximum absolute atomic E-state index is 12.8. The van der Waals surface area contributed by atoms with Crippen molar-refractivity contribution in [3.8, 4) is 0 Å². The van der Waals surface area contributed by atoms with Gasteiger partial charge in [0.2, 0.25) is 21.8 Å². The van der Waals surface area contributed by atoms with Crippen LogP contribution < -0.4 is 16.2 Å². The number of likely N-dealkylation sites (tertiary alicyclic amines) is 1. The second-order valence-corrected chi connectivity index (χ2v) is 12.6. The Bertz CT molecular complexity index is 1000. The zero-order valence-corrected chi connectivity index (χ0v) is 20.3. The number of rotatable bonds is 7. The van der Waals surface area contributed by atoms with Crippen molar-refractivity contribution in [3.63, 3.8) is 0 Å². The van der Waals surface area contributed by atoms with Gasteiger partial charge in [-0.1, -0.05) is 13.8 Å². The Morgan fingerprint density at radius 3 is 2.64 bits per heavy atom. The molecule has 0 saturated carbocycles. The minimum Gasteiger partial charge on any atom is -0.477 e. The molecule has 0 aromatic heterocycles. The summed E-state index contributed by atoms with van der Waals surface area (Å²) in [5.41, 5.74) is 5.89. The topological polar surface area (TPSA) is 176 Å². The standard InChI is InChI=1S/C20H31N5O6S2/c1-9(8-33(22,30)31)14-15-10(2)17(16(20(28)29)25(15)19(14)27)32-12-5-13(23-6-12)18(26)24-4-3-11(21)7-24/h9-15,23H,3-8,21H2,1-2H3,(H,28,29)(H2,22,30,31)/t9-,10+,11+,12-,13-,14+,15+/m0/s1. The van der Waals surface area contributed by atoms with Crippen LogP contribution in [0.3, 0.4) is 0 Å². The van der Waals surface area contributed by atoms with E-state index in [2.05, 4.69) is 5.32 Å². The number of aliphatic carboxylic acids is 1. The largest absolute Gasteiger partial charge is 0.477 e. The zero-order valence-electron chi connectivity index (χ0n) is 18.6. The Balaban J connectivity index is 1.46. The number of fused-ring (bicyclic) bond motifs is 1. The van der Waals surface area contributed by atoms with Crippen LogP contribution in [0.2, 0.25) is 0 Å². The molecule has 0 aliphatic carbocycles. The monoisotopic (exact) mass is 501 g/mol. The molecule has 4 aliphatic rings. The smallest absolute Gasteiger partial charge is 0.353 e. The van der Waals surface area contributed by atoms with Crippen molar-refractivity contribution in [2.45, 2.75) is 50.1 Å². The number of hydrogen-bond acceptors (Lipinski definition) is 8. The highest BCUT2D eigenvalue weighted by molar-refractivity contribution is 8.03. The van der Waals surface area contributed by atoms with Crippen molar-refractivity contribution in [3.05, 3.63) is 10.6 Å². The summed E-state index contributed by atoms with van der Waals surface area (Å²) in [6.45, 7) is 5.28. The number of carboxylic acid groups (broad SMARTS) is 1. The molecule has 3 saturated heterocycles. The first-order chi connectivity index (χ1) is 15.4. The minimum absolute atomic E-state index is 0.00908. The van der Waals surface area contributed by atoms with Gasteiger partial charge < -0.3 is 26.0 Å². The molecular weight excluding hydrogens is 470 g/mol. The molecule has 11 nitrogen and oxygen atoms in total.